The van der Waals surface area contributed by atoms with Gasteiger partial charge in [0, 0.05) is 0 Å². The predicted molar refractivity (Wildman–Crippen MR) is 85.1 cm³/mol. The van der Waals surface area contributed by atoms with Gasteiger partial charge in [-0.2, -0.15) is 0 Å². The molecular formula is C17H16N2O4. The van der Waals surface area contributed by atoms with Crippen LogP contribution in [-0.4, -0.2) is 29.8 Å². The Balaban J connectivity index is 1.83. The number of amides is 2. The number of nitrogens with one attached hydrogen (secondary N) is 1. The van der Waals surface area contributed by atoms with Gasteiger partial charge in [0.1, 0.15) is 12.6 Å². The SMILES string of the molecule is O=C1Nc2ccccc2N(C(=O)OCc2ccccc2)C1CO. The fourth-order valence-electron chi connectivity index (χ4n) is 2.47. The molecule has 1 aliphatic heterocycles. The quantitative estimate of drug-likeness (QED) is 0.910. The van der Waals surface area contributed by atoms with Crippen molar-refractivity contribution in [2.75, 3.05) is 16.8 Å². The minimum absolute atomic E-state index is 0.0953. The van der Waals surface area contributed by atoms with Gasteiger partial charge in [-0.3, -0.25) is 9.69 Å². The lowest BCUT2D eigenvalue weighted by Gasteiger charge is -2.34. The number of ether oxygens (including phenoxy) is 1. The van der Waals surface area contributed by atoms with Crippen molar-refractivity contribution in [1.82, 2.24) is 0 Å². The normalized spacial score (nSPS) is 16.5. The van der Waals surface area contributed by atoms with Crippen molar-refractivity contribution in [3.8, 4) is 0 Å². The number of aliphatic hydroxyl groups excluding tert-OH is 1. The number of aliphatic hydroxyl groups is 1. The van der Waals surface area contributed by atoms with E-state index in [0.29, 0.717) is 11.4 Å². The highest BCUT2D eigenvalue weighted by molar-refractivity contribution is 6.10. The third-order valence-corrected chi connectivity index (χ3v) is 3.61. The molecule has 0 spiro atoms. The van der Waals surface area contributed by atoms with E-state index in [9.17, 15) is 14.7 Å². The van der Waals surface area contributed by atoms with Gasteiger partial charge in [0.05, 0.1) is 18.0 Å². The minimum atomic E-state index is -1.01. The molecule has 0 saturated carbocycles. The van der Waals surface area contributed by atoms with Crippen molar-refractivity contribution in [1.29, 1.82) is 0 Å². The third kappa shape index (κ3) is 3.02. The molecule has 2 N–H and O–H groups in total. The molecule has 2 aromatic rings. The summed E-state index contributed by atoms with van der Waals surface area (Å²) in [4.78, 5) is 25.7. The second-order valence-corrected chi connectivity index (χ2v) is 5.11. The number of rotatable bonds is 3. The maximum Gasteiger partial charge on any atom is 0.415 e. The zero-order chi connectivity index (χ0) is 16.2. The Hall–Kier alpha value is -2.86. The maximum atomic E-state index is 12.5. The molecule has 3 rings (SSSR count). The van der Waals surface area contributed by atoms with Crippen LogP contribution in [-0.2, 0) is 16.1 Å². The second kappa shape index (κ2) is 6.50. The van der Waals surface area contributed by atoms with Crippen LogP contribution in [0.3, 0.4) is 0 Å². The number of carbonyl (C=O) groups excluding carboxylic acids is 2. The lowest BCUT2D eigenvalue weighted by molar-refractivity contribution is -0.118. The predicted octanol–water partition coefficient (Wildman–Crippen LogP) is 2.14. The largest absolute Gasteiger partial charge is 0.444 e. The molecule has 0 bridgehead atoms. The topological polar surface area (TPSA) is 78.9 Å². The van der Waals surface area contributed by atoms with Crippen LogP contribution in [0.5, 0.6) is 0 Å². The van der Waals surface area contributed by atoms with Gasteiger partial charge in [0.15, 0.2) is 0 Å². The Bertz CT molecular complexity index is 718. The number of benzene rings is 2. The zero-order valence-electron chi connectivity index (χ0n) is 12.3. The molecule has 6 heteroatoms. The van der Waals surface area contributed by atoms with Crippen LogP contribution in [0.2, 0.25) is 0 Å². The van der Waals surface area contributed by atoms with Gasteiger partial charge in [-0.25, -0.2) is 4.79 Å². The monoisotopic (exact) mass is 312 g/mol. The van der Waals surface area contributed by atoms with Crippen LogP contribution >= 0.6 is 0 Å². The summed E-state index contributed by atoms with van der Waals surface area (Å²) < 4.78 is 5.30. The summed E-state index contributed by atoms with van der Waals surface area (Å²) >= 11 is 0. The van der Waals surface area contributed by atoms with E-state index in [-0.39, 0.29) is 6.61 Å². The third-order valence-electron chi connectivity index (χ3n) is 3.61. The first-order chi connectivity index (χ1) is 11.2. The highest BCUT2D eigenvalue weighted by Crippen LogP contribution is 2.32. The van der Waals surface area contributed by atoms with Crippen molar-refractivity contribution >= 4 is 23.4 Å². The van der Waals surface area contributed by atoms with Crippen LogP contribution in [0.25, 0.3) is 0 Å². The van der Waals surface area contributed by atoms with E-state index in [1.54, 1.807) is 24.3 Å². The van der Waals surface area contributed by atoms with Crippen LogP contribution < -0.4 is 10.2 Å². The molecule has 0 radical (unpaired) electrons. The summed E-state index contributed by atoms with van der Waals surface area (Å²) in [6.45, 7) is -0.390. The van der Waals surface area contributed by atoms with Crippen molar-refractivity contribution in [3.63, 3.8) is 0 Å². The first-order valence-corrected chi connectivity index (χ1v) is 7.21. The molecule has 1 aliphatic rings. The maximum absolute atomic E-state index is 12.5. The Morgan fingerprint density at radius 1 is 1.13 bits per heavy atom. The second-order valence-electron chi connectivity index (χ2n) is 5.11. The van der Waals surface area contributed by atoms with E-state index in [0.717, 1.165) is 5.56 Å². The molecule has 2 amide bonds. The van der Waals surface area contributed by atoms with Gasteiger partial charge >= 0.3 is 6.09 Å². The number of anilines is 2. The van der Waals surface area contributed by atoms with Gasteiger partial charge in [0.25, 0.3) is 0 Å². The summed E-state index contributed by atoms with van der Waals surface area (Å²) in [7, 11) is 0. The van der Waals surface area contributed by atoms with Crippen LogP contribution in [0.1, 0.15) is 5.56 Å². The Morgan fingerprint density at radius 3 is 2.57 bits per heavy atom. The average molecular weight is 312 g/mol. The van der Waals surface area contributed by atoms with Gasteiger partial charge in [-0.15, -0.1) is 0 Å². The highest BCUT2D eigenvalue weighted by atomic mass is 16.6. The van der Waals surface area contributed by atoms with Crippen LogP contribution in [0.4, 0.5) is 16.2 Å². The summed E-state index contributed by atoms with van der Waals surface area (Å²) in [5.74, 6) is -0.442. The minimum Gasteiger partial charge on any atom is -0.444 e. The fraction of sp³-hybridized carbons (Fsp3) is 0.176. The molecule has 1 heterocycles. The van der Waals surface area contributed by atoms with E-state index in [1.165, 1.54) is 4.90 Å². The van der Waals surface area contributed by atoms with Gasteiger partial charge in [0.2, 0.25) is 5.91 Å². The fourth-order valence-corrected chi connectivity index (χ4v) is 2.47. The van der Waals surface area contributed by atoms with Crippen LogP contribution in [0.15, 0.2) is 54.6 Å². The summed E-state index contributed by atoms with van der Waals surface area (Å²) in [5.41, 5.74) is 1.86. The molecule has 118 valence electrons. The lowest BCUT2D eigenvalue weighted by Crippen LogP contribution is -2.53. The Labute approximate surface area is 133 Å². The van der Waals surface area contributed by atoms with Gasteiger partial charge < -0.3 is 15.2 Å². The molecule has 0 fully saturated rings. The van der Waals surface area contributed by atoms with E-state index in [2.05, 4.69) is 5.32 Å². The Morgan fingerprint density at radius 2 is 1.83 bits per heavy atom. The molecule has 0 aliphatic carbocycles. The van der Waals surface area contributed by atoms with E-state index in [4.69, 9.17) is 4.74 Å². The average Bonchev–Trinajstić information content (AvgIpc) is 2.59. The van der Waals surface area contributed by atoms with Crippen molar-refractivity contribution in [2.45, 2.75) is 12.6 Å². The molecule has 6 nitrogen and oxygen atoms in total. The van der Waals surface area contributed by atoms with Gasteiger partial charge in [-0.05, 0) is 17.7 Å². The van der Waals surface area contributed by atoms with E-state index < -0.39 is 24.6 Å². The Kier molecular flexibility index (Phi) is 4.25. The molecule has 2 aromatic carbocycles. The number of para-hydroxylation sites is 2. The van der Waals surface area contributed by atoms with E-state index >= 15 is 0 Å². The highest BCUT2D eigenvalue weighted by Gasteiger charge is 2.37. The lowest BCUT2D eigenvalue weighted by atomic mass is 10.1. The van der Waals surface area contributed by atoms with Crippen molar-refractivity contribution in [2.24, 2.45) is 0 Å². The standard InChI is InChI=1S/C17H16N2O4/c20-10-15-16(21)18-13-8-4-5-9-14(13)19(15)17(22)23-11-12-6-2-1-3-7-12/h1-9,15,20H,10-11H2,(H,18,21). The molecule has 0 aromatic heterocycles. The number of nitrogens with zero attached hydrogens (tertiary/aromatic N) is 1. The van der Waals surface area contributed by atoms with Gasteiger partial charge in [-0.1, -0.05) is 42.5 Å². The zero-order valence-corrected chi connectivity index (χ0v) is 12.3. The number of hydrogen-bond donors (Lipinski definition) is 2. The summed E-state index contributed by atoms with van der Waals surface area (Å²) in [6, 6.07) is 15.1. The first-order valence-electron chi connectivity index (χ1n) is 7.21. The smallest absolute Gasteiger partial charge is 0.415 e. The number of hydrogen-bond acceptors (Lipinski definition) is 4. The number of fused-ring (bicyclic) bond motifs is 1. The van der Waals surface area contributed by atoms with Crippen molar-refractivity contribution in [3.05, 3.63) is 60.2 Å². The number of carbonyl (C=O) groups is 2. The molecular weight excluding hydrogens is 296 g/mol. The molecule has 1 atom stereocenters. The van der Waals surface area contributed by atoms with Crippen LogP contribution in [0, 0.1) is 0 Å². The first kappa shape index (κ1) is 15.1. The summed E-state index contributed by atoms with van der Waals surface area (Å²) in [6.07, 6.45) is -0.671. The molecule has 1 unspecified atom stereocenters. The summed E-state index contributed by atoms with van der Waals surface area (Å²) in [5, 5.41) is 12.2. The molecule has 0 saturated heterocycles. The van der Waals surface area contributed by atoms with Crippen molar-refractivity contribution < 1.29 is 19.4 Å². The van der Waals surface area contributed by atoms with E-state index in [1.807, 2.05) is 30.3 Å². The molecule has 23 heavy (non-hydrogen) atoms.